The Hall–Kier alpha value is -3.72. The van der Waals surface area contributed by atoms with Crippen LogP contribution in [-0.4, -0.2) is 36.5 Å². The quantitative estimate of drug-likeness (QED) is 0.572. The Kier molecular flexibility index (Phi) is 6.18. The second-order valence-electron chi connectivity index (χ2n) is 7.21. The maximum absolute atomic E-state index is 12.6. The van der Waals surface area contributed by atoms with Gasteiger partial charge in [-0.15, -0.1) is 11.3 Å². The zero-order valence-electron chi connectivity index (χ0n) is 17.5. The van der Waals surface area contributed by atoms with E-state index < -0.39 is 5.97 Å². The van der Waals surface area contributed by atoms with Crippen molar-refractivity contribution in [2.75, 3.05) is 19.0 Å². The van der Waals surface area contributed by atoms with E-state index in [0.29, 0.717) is 35.0 Å². The van der Waals surface area contributed by atoms with Gasteiger partial charge in [0.2, 0.25) is 5.91 Å². The minimum Gasteiger partial charge on any atom is -0.493 e. The van der Waals surface area contributed by atoms with Crippen molar-refractivity contribution in [3.05, 3.63) is 64.5 Å². The monoisotopic (exact) mass is 451 g/mol. The molecule has 8 nitrogen and oxygen atoms in total. The van der Waals surface area contributed by atoms with Gasteiger partial charge in [0.25, 0.3) is 5.91 Å². The zero-order chi connectivity index (χ0) is 22.7. The lowest BCUT2D eigenvalue weighted by atomic mass is 9.97. The van der Waals surface area contributed by atoms with E-state index in [1.165, 1.54) is 31.4 Å². The third kappa shape index (κ3) is 4.62. The molecule has 3 aromatic rings. The lowest BCUT2D eigenvalue weighted by Gasteiger charge is -2.26. The van der Waals surface area contributed by atoms with Gasteiger partial charge in [-0.1, -0.05) is 6.07 Å². The highest BCUT2D eigenvalue weighted by Gasteiger charge is 2.23. The van der Waals surface area contributed by atoms with E-state index in [1.54, 1.807) is 18.2 Å². The number of anilines is 1. The van der Waals surface area contributed by atoms with Crippen molar-refractivity contribution in [2.24, 2.45) is 0 Å². The van der Waals surface area contributed by atoms with Gasteiger partial charge in [0.1, 0.15) is 5.75 Å². The molecule has 1 unspecified atom stereocenters. The summed E-state index contributed by atoms with van der Waals surface area (Å²) >= 11 is 1.30. The second kappa shape index (κ2) is 9.19. The summed E-state index contributed by atoms with van der Waals surface area (Å²) in [6, 6.07) is 11.9. The fourth-order valence-electron chi connectivity index (χ4n) is 3.49. The summed E-state index contributed by atoms with van der Waals surface area (Å²) in [6.07, 6.45) is 0.693. The minimum absolute atomic E-state index is 0.0943. The highest BCUT2D eigenvalue weighted by atomic mass is 32.1. The molecule has 0 spiro atoms. The van der Waals surface area contributed by atoms with E-state index in [0.717, 1.165) is 16.9 Å². The van der Waals surface area contributed by atoms with E-state index in [1.807, 2.05) is 23.6 Å². The molecule has 32 heavy (non-hydrogen) atoms. The molecule has 2 aromatic carbocycles. The predicted molar refractivity (Wildman–Crippen MR) is 120 cm³/mol. The number of esters is 1. The first-order chi connectivity index (χ1) is 15.4. The van der Waals surface area contributed by atoms with Crippen LogP contribution in [0.25, 0.3) is 11.3 Å². The van der Waals surface area contributed by atoms with Crippen LogP contribution >= 0.6 is 11.3 Å². The van der Waals surface area contributed by atoms with E-state index in [9.17, 15) is 14.4 Å². The van der Waals surface area contributed by atoms with Gasteiger partial charge < -0.3 is 14.8 Å². The number of carbonyl (C=O) groups is 3. The van der Waals surface area contributed by atoms with E-state index >= 15 is 0 Å². The van der Waals surface area contributed by atoms with Crippen LogP contribution in [-0.2, 0) is 9.53 Å². The standard InChI is InChI=1S/C23H21N3O5S/c1-13(27)24-18-8-9-31-20-7-6-14(11-17(18)20)19-12-32-23(25-19)26-21(28)15-4-3-5-16(10-15)22(29)30-2/h3-7,10-12,18H,8-9H2,1-2H3,(H,24,27)(H,25,26,28). The second-order valence-corrected chi connectivity index (χ2v) is 8.07. The molecule has 2 N–H and O–H groups in total. The number of nitrogens with one attached hydrogen (secondary N) is 2. The lowest BCUT2D eigenvalue weighted by Crippen LogP contribution is -2.30. The van der Waals surface area contributed by atoms with E-state index in [-0.39, 0.29) is 17.9 Å². The molecule has 2 heterocycles. The van der Waals surface area contributed by atoms with Crippen molar-refractivity contribution in [3.8, 4) is 17.0 Å². The highest BCUT2D eigenvalue weighted by molar-refractivity contribution is 7.14. The summed E-state index contributed by atoms with van der Waals surface area (Å²) in [5.41, 5.74) is 3.08. The van der Waals surface area contributed by atoms with Crippen LogP contribution in [0.4, 0.5) is 5.13 Å². The van der Waals surface area contributed by atoms with Crippen LogP contribution in [0.3, 0.4) is 0 Å². The first-order valence-corrected chi connectivity index (χ1v) is 10.8. The lowest BCUT2D eigenvalue weighted by molar-refractivity contribution is -0.119. The van der Waals surface area contributed by atoms with Crippen molar-refractivity contribution in [1.29, 1.82) is 0 Å². The third-order valence-corrected chi connectivity index (χ3v) is 5.75. The van der Waals surface area contributed by atoms with Gasteiger partial charge in [-0.25, -0.2) is 9.78 Å². The molecule has 0 fully saturated rings. The van der Waals surface area contributed by atoms with Crippen LogP contribution in [0.1, 0.15) is 45.7 Å². The number of aromatic nitrogens is 1. The number of thiazole rings is 1. The summed E-state index contributed by atoms with van der Waals surface area (Å²) in [7, 11) is 1.29. The van der Waals surface area contributed by atoms with Gasteiger partial charge in [0.05, 0.1) is 31.0 Å². The van der Waals surface area contributed by atoms with Gasteiger partial charge in [-0.05, 0) is 36.4 Å². The van der Waals surface area contributed by atoms with Crippen LogP contribution < -0.4 is 15.4 Å². The molecule has 1 aromatic heterocycles. The molecule has 1 aliphatic heterocycles. The maximum Gasteiger partial charge on any atom is 0.337 e. The van der Waals surface area contributed by atoms with Crippen LogP contribution in [0.15, 0.2) is 47.8 Å². The number of ether oxygens (including phenoxy) is 2. The van der Waals surface area contributed by atoms with Gasteiger partial charge in [-0.3, -0.25) is 14.9 Å². The van der Waals surface area contributed by atoms with Crippen molar-refractivity contribution in [3.63, 3.8) is 0 Å². The maximum atomic E-state index is 12.6. The van der Waals surface area contributed by atoms with Gasteiger partial charge >= 0.3 is 5.97 Å². The summed E-state index contributed by atoms with van der Waals surface area (Å²) < 4.78 is 10.4. The highest BCUT2D eigenvalue weighted by Crippen LogP contribution is 2.36. The zero-order valence-corrected chi connectivity index (χ0v) is 18.3. The molecule has 0 bridgehead atoms. The van der Waals surface area contributed by atoms with E-state index in [4.69, 9.17) is 9.47 Å². The fraction of sp³-hybridized carbons (Fsp3) is 0.217. The SMILES string of the molecule is COC(=O)c1cccc(C(=O)Nc2nc(-c3ccc4c(c3)C(NC(C)=O)CCO4)cs2)c1. The number of fused-ring (bicyclic) bond motifs is 1. The summed E-state index contributed by atoms with van der Waals surface area (Å²) in [5, 5.41) is 8.00. The smallest absolute Gasteiger partial charge is 0.337 e. The summed E-state index contributed by atoms with van der Waals surface area (Å²) in [4.78, 5) is 40.4. The summed E-state index contributed by atoms with van der Waals surface area (Å²) in [5.74, 6) is -0.234. The predicted octanol–water partition coefficient (Wildman–Crippen LogP) is 3.81. The molecule has 0 saturated carbocycles. The molecular weight excluding hydrogens is 430 g/mol. The normalized spacial score (nSPS) is 14.6. The molecular formula is C23H21N3O5S. The number of carbonyl (C=O) groups excluding carboxylic acids is 3. The molecule has 0 aliphatic carbocycles. The van der Waals surface area contributed by atoms with Gasteiger partial charge in [-0.2, -0.15) is 0 Å². The van der Waals surface area contributed by atoms with Crippen molar-refractivity contribution in [2.45, 2.75) is 19.4 Å². The molecule has 0 radical (unpaired) electrons. The number of methoxy groups -OCH3 is 1. The van der Waals surface area contributed by atoms with E-state index in [2.05, 4.69) is 15.6 Å². The number of amides is 2. The first-order valence-electron chi connectivity index (χ1n) is 9.94. The van der Waals surface area contributed by atoms with Crippen molar-refractivity contribution >= 4 is 34.3 Å². The van der Waals surface area contributed by atoms with Crippen molar-refractivity contribution in [1.82, 2.24) is 10.3 Å². The Balaban J connectivity index is 1.53. The molecule has 4 rings (SSSR count). The molecule has 1 aliphatic rings. The Morgan fingerprint density at radius 3 is 2.75 bits per heavy atom. The fourth-order valence-corrected chi connectivity index (χ4v) is 4.20. The Morgan fingerprint density at radius 2 is 1.97 bits per heavy atom. The molecule has 9 heteroatoms. The average molecular weight is 452 g/mol. The number of nitrogens with zero attached hydrogens (tertiary/aromatic N) is 1. The minimum atomic E-state index is -0.509. The van der Waals surface area contributed by atoms with Gasteiger partial charge in [0, 0.05) is 35.4 Å². The van der Waals surface area contributed by atoms with Crippen LogP contribution in [0.2, 0.25) is 0 Å². The summed E-state index contributed by atoms with van der Waals surface area (Å²) in [6.45, 7) is 2.04. The number of rotatable bonds is 5. The van der Waals surface area contributed by atoms with Crippen LogP contribution in [0, 0.1) is 0 Å². The topological polar surface area (TPSA) is 107 Å². The first kappa shape index (κ1) is 21.5. The molecule has 2 amide bonds. The molecule has 164 valence electrons. The Labute approximate surface area is 188 Å². The Morgan fingerprint density at radius 1 is 1.16 bits per heavy atom. The van der Waals surface area contributed by atoms with Crippen molar-refractivity contribution < 1.29 is 23.9 Å². The third-order valence-electron chi connectivity index (χ3n) is 4.99. The average Bonchev–Trinajstić information content (AvgIpc) is 3.26. The Bertz CT molecular complexity index is 1190. The largest absolute Gasteiger partial charge is 0.493 e. The van der Waals surface area contributed by atoms with Gasteiger partial charge in [0.15, 0.2) is 5.13 Å². The number of hydrogen-bond donors (Lipinski definition) is 2. The molecule has 1 atom stereocenters. The molecule has 0 saturated heterocycles. The van der Waals surface area contributed by atoms with Crippen LogP contribution in [0.5, 0.6) is 5.75 Å². The number of benzene rings is 2. The number of hydrogen-bond acceptors (Lipinski definition) is 7.